The van der Waals surface area contributed by atoms with Gasteiger partial charge in [0.25, 0.3) is 5.91 Å². The number of hydrogen-bond donors (Lipinski definition) is 1. The van der Waals surface area contributed by atoms with Crippen molar-refractivity contribution in [3.05, 3.63) is 107 Å². The van der Waals surface area contributed by atoms with Gasteiger partial charge in [0.1, 0.15) is 10.9 Å². The topological polar surface area (TPSA) is 74.7 Å². The largest absolute Gasteiger partial charge is 0.502 e. The Labute approximate surface area is 169 Å². The van der Waals surface area contributed by atoms with E-state index in [9.17, 15) is 18.3 Å². The minimum atomic E-state index is -4.10. The van der Waals surface area contributed by atoms with Gasteiger partial charge in [-0.05, 0) is 36.8 Å². The first-order valence-corrected chi connectivity index (χ1v) is 10.6. The van der Waals surface area contributed by atoms with Gasteiger partial charge in [-0.15, -0.1) is 0 Å². The zero-order chi connectivity index (χ0) is 20.6. The molecular weight excluding hydrogens is 386 g/mol. The van der Waals surface area contributed by atoms with Crippen molar-refractivity contribution in [2.75, 3.05) is 4.90 Å². The van der Waals surface area contributed by atoms with Gasteiger partial charge in [0.15, 0.2) is 5.76 Å². The maximum absolute atomic E-state index is 13.4. The van der Waals surface area contributed by atoms with Crippen LogP contribution in [-0.2, 0) is 14.6 Å². The molecule has 1 aliphatic rings. The minimum Gasteiger partial charge on any atom is -0.502 e. The lowest BCUT2D eigenvalue weighted by Gasteiger charge is -2.27. The van der Waals surface area contributed by atoms with Crippen LogP contribution in [0.4, 0.5) is 5.69 Å². The lowest BCUT2D eigenvalue weighted by atomic mass is 10.0. The Morgan fingerprint density at radius 2 is 1.38 bits per heavy atom. The van der Waals surface area contributed by atoms with Crippen LogP contribution in [0.1, 0.15) is 17.2 Å². The Bertz CT molecular complexity index is 1180. The molecule has 4 rings (SSSR count). The highest BCUT2D eigenvalue weighted by Gasteiger charge is 2.47. The molecule has 0 bridgehead atoms. The standard InChI is InChI=1S/C23H19NO4S/c1-16-12-14-17(15-13-16)20-22(29(27,28)19-10-6-3-7-11-19)21(25)23(26)24(20)18-8-4-2-5-9-18/h2-15,20,25H,1H3/t20-/m0/s1. The van der Waals surface area contributed by atoms with Gasteiger partial charge in [0.2, 0.25) is 9.84 Å². The first-order chi connectivity index (χ1) is 13.9. The van der Waals surface area contributed by atoms with Gasteiger partial charge in [-0.1, -0.05) is 66.2 Å². The highest BCUT2D eigenvalue weighted by Crippen LogP contribution is 2.44. The highest BCUT2D eigenvalue weighted by atomic mass is 32.2. The monoisotopic (exact) mass is 405 g/mol. The van der Waals surface area contributed by atoms with Crippen LogP contribution in [0.3, 0.4) is 0 Å². The third kappa shape index (κ3) is 3.21. The Balaban J connectivity index is 1.95. The third-order valence-corrected chi connectivity index (χ3v) is 6.82. The first-order valence-electron chi connectivity index (χ1n) is 9.09. The summed E-state index contributed by atoms with van der Waals surface area (Å²) in [5.41, 5.74) is 2.12. The van der Waals surface area contributed by atoms with E-state index in [2.05, 4.69) is 0 Å². The first kappa shape index (κ1) is 19.0. The fraction of sp³-hybridized carbons (Fsp3) is 0.0870. The summed E-state index contributed by atoms with van der Waals surface area (Å²) in [5.74, 6) is -1.49. The van der Waals surface area contributed by atoms with E-state index in [-0.39, 0.29) is 9.80 Å². The summed E-state index contributed by atoms with van der Waals surface area (Å²) in [5, 5.41) is 10.7. The SMILES string of the molecule is Cc1ccc([C@H]2C(S(=O)(=O)c3ccccc3)=C(O)C(=O)N2c2ccccc2)cc1. The van der Waals surface area contributed by atoms with Crippen LogP contribution in [0.2, 0.25) is 0 Å². The average molecular weight is 405 g/mol. The van der Waals surface area contributed by atoms with E-state index < -0.39 is 27.5 Å². The molecule has 5 nitrogen and oxygen atoms in total. The normalized spacial score (nSPS) is 17.1. The van der Waals surface area contributed by atoms with Crippen LogP contribution in [0.25, 0.3) is 0 Å². The van der Waals surface area contributed by atoms with Gasteiger partial charge in [0.05, 0.1) is 4.90 Å². The molecule has 3 aromatic rings. The van der Waals surface area contributed by atoms with Gasteiger partial charge < -0.3 is 5.11 Å². The Morgan fingerprint density at radius 3 is 1.97 bits per heavy atom. The zero-order valence-electron chi connectivity index (χ0n) is 15.7. The van der Waals surface area contributed by atoms with Crippen molar-refractivity contribution in [1.29, 1.82) is 0 Å². The number of hydrogen-bond acceptors (Lipinski definition) is 4. The predicted molar refractivity (Wildman–Crippen MR) is 111 cm³/mol. The molecule has 0 saturated heterocycles. The molecule has 0 aromatic heterocycles. The van der Waals surface area contributed by atoms with E-state index in [0.717, 1.165) is 5.56 Å². The maximum atomic E-state index is 13.4. The van der Waals surface area contributed by atoms with Crippen LogP contribution in [0.15, 0.2) is 100 Å². The van der Waals surface area contributed by atoms with E-state index in [1.54, 1.807) is 60.7 Å². The van der Waals surface area contributed by atoms with Crippen LogP contribution in [0, 0.1) is 6.92 Å². The quantitative estimate of drug-likeness (QED) is 0.701. The Hall–Kier alpha value is -3.38. The fourth-order valence-electron chi connectivity index (χ4n) is 3.49. The molecular formula is C23H19NO4S. The van der Waals surface area contributed by atoms with Gasteiger partial charge in [-0.2, -0.15) is 0 Å². The molecule has 1 aliphatic heterocycles. The molecule has 29 heavy (non-hydrogen) atoms. The number of benzene rings is 3. The van der Waals surface area contributed by atoms with E-state index in [1.165, 1.54) is 17.0 Å². The summed E-state index contributed by atoms with van der Waals surface area (Å²) in [6.07, 6.45) is 0. The van der Waals surface area contributed by atoms with Crippen LogP contribution < -0.4 is 4.90 Å². The van der Waals surface area contributed by atoms with Gasteiger partial charge in [-0.25, -0.2) is 8.42 Å². The van der Waals surface area contributed by atoms with Crippen LogP contribution in [0.5, 0.6) is 0 Å². The molecule has 0 aliphatic carbocycles. The number of carbonyl (C=O) groups excluding carboxylic acids is 1. The molecule has 146 valence electrons. The number of aryl methyl sites for hydroxylation is 1. The zero-order valence-corrected chi connectivity index (χ0v) is 16.5. The summed E-state index contributed by atoms with van der Waals surface area (Å²) in [4.78, 5) is 14.1. The number of carbonyl (C=O) groups is 1. The van der Waals surface area contributed by atoms with Crippen molar-refractivity contribution in [1.82, 2.24) is 0 Å². The van der Waals surface area contributed by atoms with Crippen molar-refractivity contribution in [3.63, 3.8) is 0 Å². The second-order valence-corrected chi connectivity index (χ2v) is 8.77. The van der Waals surface area contributed by atoms with Gasteiger partial charge in [-0.3, -0.25) is 9.69 Å². The highest BCUT2D eigenvalue weighted by molar-refractivity contribution is 7.95. The Morgan fingerprint density at radius 1 is 0.828 bits per heavy atom. The molecule has 0 saturated carbocycles. The van der Waals surface area contributed by atoms with Gasteiger partial charge in [0, 0.05) is 5.69 Å². The van der Waals surface area contributed by atoms with E-state index in [0.29, 0.717) is 11.3 Å². The molecule has 1 heterocycles. The molecule has 0 spiro atoms. The molecule has 1 atom stereocenters. The second kappa shape index (κ2) is 7.22. The molecule has 1 amide bonds. The average Bonchev–Trinajstić information content (AvgIpc) is 3.01. The van der Waals surface area contributed by atoms with Crippen LogP contribution in [-0.4, -0.2) is 19.4 Å². The number of amides is 1. The molecule has 6 heteroatoms. The van der Waals surface area contributed by atoms with Crippen molar-refractivity contribution < 1.29 is 18.3 Å². The number of aliphatic hydroxyl groups excluding tert-OH is 1. The second-order valence-electron chi connectivity index (χ2n) is 6.85. The molecule has 1 N–H and O–H groups in total. The Kier molecular flexibility index (Phi) is 4.72. The maximum Gasteiger partial charge on any atom is 0.295 e. The minimum absolute atomic E-state index is 0.0290. The number of nitrogens with zero attached hydrogens (tertiary/aromatic N) is 1. The molecule has 3 aromatic carbocycles. The van der Waals surface area contributed by atoms with E-state index >= 15 is 0 Å². The smallest absolute Gasteiger partial charge is 0.295 e. The summed E-state index contributed by atoms with van der Waals surface area (Å²) < 4.78 is 26.8. The number of anilines is 1. The number of sulfone groups is 1. The summed E-state index contributed by atoms with van der Waals surface area (Å²) >= 11 is 0. The van der Waals surface area contributed by atoms with Crippen molar-refractivity contribution in [3.8, 4) is 0 Å². The summed E-state index contributed by atoms with van der Waals surface area (Å²) in [6.45, 7) is 1.92. The van der Waals surface area contributed by atoms with Crippen molar-refractivity contribution in [2.45, 2.75) is 17.9 Å². The number of para-hydroxylation sites is 1. The number of rotatable bonds is 4. The summed E-state index contributed by atoms with van der Waals surface area (Å²) in [6, 6.07) is 22.9. The molecule has 0 radical (unpaired) electrons. The van der Waals surface area contributed by atoms with E-state index in [1.807, 2.05) is 19.1 Å². The molecule has 0 unspecified atom stereocenters. The van der Waals surface area contributed by atoms with E-state index in [4.69, 9.17) is 0 Å². The number of aliphatic hydroxyl groups is 1. The predicted octanol–water partition coefficient (Wildman–Crippen LogP) is 4.33. The van der Waals surface area contributed by atoms with Crippen molar-refractivity contribution in [2.24, 2.45) is 0 Å². The lowest BCUT2D eigenvalue weighted by molar-refractivity contribution is -0.117. The van der Waals surface area contributed by atoms with Crippen LogP contribution >= 0.6 is 0 Å². The fourth-order valence-corrected chi connectivity index (χ4v) is 5.14. The van der Waals surface area contributed by atoms with Crippen molar-refractivity contribution >= 4 is 21.4 Å². The van der Waals surface area contributed by atoms with Gasteiger partial charge >= 0.3 is 0 Å². The third-order valence-electron chi connectivity index (χ3n) is 4.93. The molecule has 0 fully saturated rings. The lowest BCUT2D eigenvalue weighted by Crippen LogP contribution is -2.31. The summed E-state index contributed by atoms with van der Waals surface area (Å²) in [7, 11) is -4.10.